The molecule has 2 N–H and O–H groups in total. The zero-order valence-corrected chi connectivity index (χ0v) is 14.0. The van der Waals surface area contributed by atoms with Crippen LogP contribution in [-0.2, 0) is 4.52 Å². The van der Waals surface area contributed by atoms with Crippen LogP contribution in [-0.4, -0.2) is 16.4 Å². The first-order valence-corrected chi connectivity index (χ1v) is 8.66. The Morgan fingerprint density at radius 1 is 0.864 bits per heavy atom. The second-order valence-corrected chi connectivity index (χ2v) is 6.37. The second-order valence-electron chi connectivity index (χ2n) is 5.60. The molecule has 0 heterocycles. The minimum Gasteiger partial charge on any atom is -0.328 e. The molecule has 0 amide bonds. The molecule has 118 valence electrons. The molecular weight excluding hydrogens is 295 g/mol. The Kier molecular flexibility index (Phi) is 6.53. The summed E-state index contributed by atoms with van der Waals surface area (Å²) in [7, 11) is -2.25. The predicted molar refractivity (Wildman–Crippen MR) is 90.7 cm³/mol. The van der Waals surface area contributed by atoms with E-state index in [1.807, 2.05) is 0 Å². The van der Waals surface area contributed by atoms with Gasteiger partial charge >= 0.3 is 8.60 Å². The summed E-state index contributed by atoms with van der Waals surface area (Å²) in [5.74, 6) is 0.299. The first-order valence-electron chi connectivity index (χ1n) is 7.50. The van der Waals surface area contributed by atoms with E-state index < -0.39 is 8.60 Å². The molecule has 0 aliphatic heterocycles. The lowest BCUT2D eigenvalue weighted by Crippen LogP contribution is -2.03. The molecule has 0 atom stereocenters. The molecule has 0 saturated heterocycles. The zero-order valence-electron chi connectivity index (χ0n) is 13.1. The van der Waals surface area contributed by atoms with Gasteiger partial charge in [-0.05, 0) is 37.8 Å². The first kappa shape index (κ1) is 17.1. The van der Waals surface area contributed by atoms with Crippen LogP contribution in [0.15, 0.2) is 48.5 Å². The monoisotopic (exact) mass is 318 g/mol. The van der Waals surface area contributed by atoms with Gasteiger partial charge in [0, 0.05) is 5.92 Å². The van der Waals surface area contributed by atoms with Crippen molar-refractivity contribution >= 4 is 8.60 Å². The summed E-state index contributed by atoms with van der Waals surface area (Å²) >= 11 is 0. The number of hydrogen-bond acceptors (Lipinski definition) is 3. The van der Waals surface area contributed by atoms with Gasteiger partial charge in [-0.25, -0.2) is 0 Å². The summed E-state index contributed by atoms with van der Waals surface area (Å²) in [4.78, 5) is 17.6. The summed E-state index contributed by atoms with van der Waals surface area (Å²) < 4.78 is 4.88. The molecule has 2 aromatic carbocycles. The molecule has 3 nitrogen and oxygen atoms in total. The normalized spacial score (nSPS) is 11.4. The van der Waals surface area contributed by atoms with Crippen molar-refractivity contribution in [3.05, 3.63) is 70.8 Å². The fourth-order valence-electron chi connectivity index (χ4n) is 2.56. The summed E-state index contributed by atoms with van der Waals surface area (Å²) in [6.07, 6.45) is 1.70. The van der Waals surface area contributed by atoms with E-state index >= 15 is 0 Å². The molecule has 22 heavy (non-hydrogen) atoms. The third-order valence-corrected chi connectivity index (χ3v) is 4.22. The van der Waals surface area contributed by atoms with Gasteiger partial charge in [0.05, 0.1) is 6.61 Å². The maximum atomic E-state index is 8.81. The molecule has 0 saturated carbocycles. The van der Waals surface area contributed by atoms with E-state index in [1.165, 1.54) is 22.3 Å². The summed E-state index contributed by atoms with van der Waals surface area (Å²) in [6.45, 7) is 4.54. The summed E-state index contributed by atoms with van der Waals surface area (Å²) in [5.41, 5.74) is 5.07. The van der Waals surface area contributed by atoms with E-state index in [-0.39, 0.29) is 0 Å². The predicted octanol–water partition coefficient (Wildman–Crippen LogP) is 4.44. The van der Waals surface area contributed by atoms with Crippen molar-refractivity contribution in [2.24, 2.45) is 0 Å². The average molecular weight is 318 g/mol. The van der Waals surface area contributed by atoms with Crippen molar-refractivity contribution in [1.29, 1.82) is 0 Å². The van der Waals surface area contributed by atoms with E-state index in [1.54, 1.807) is 0 Å². The third kappa shape index (κ3) is 5.19. The quantitative estimate of drug-likeness (QED) is 0.586. The van der Waals surface area contributed by atoms with Crippen LogP contribution in [0.25, 0.3) is 0 Å². The van der Waals surface area contributed by atoms with Crippen LogP contribution in [0.2, 0.25) is 0 Å². The highest BCUT2D eigenvalue weighted by atomic mass is 31.2. The Bertz CT molecular complexity index is 518. The molecule has 2 aromatic rings. The van der Waals surface area contributed by atoms with Crippen molar-refractivity contribution in [2.45, 2.75) is 32.6 Å². The van der Waals surface area contributed by atoms with Gasteiger partial charge in [-0.1, -0.05) is 59.7 Å². The van der Waals surface area contributed by atoms with Gasteiger partial charge < -0.3 is 14.3 Å². The number of rotatable bonds is 7. The maximum Gasteiger partial charge on any atom is 0.327 e. The van der Waals surface area contributed by atoms with Crippen molar-refractivity contribution in [3.8, 4) is 0 Å². The lowest BCUT2D eigenvalue weighted by molar-refractivity contribution is 0.248. The van der Waals surface area contributed by atoms with Gasteiger partial charge in [0.15, 0.2) is 0 Å². The van der Waals surface area contributed by atoms with Gasteiger partial charge in [0.1, 0.15) is 0 Å². The molecule has 0 spiro atoms. The number of benzene rings is 2. The molecule has 0 fully saturated rings. The van der Waals surface area contributed by atoms with Crippen LogP contribution in [0.4, 0.5) is 0 Å². The molecule has 0 aromatic heterocycles. The van der Waals surface area contributed by atoms with Crippen LogP contribution in [0.5, 0.6) is 0 Å². The third-order valence-electron chi connectivity index (χ3n) is 3.80. The van der Waals surface area contributed by atoms with Crippen LogP contribution in [0, 0.1) is 13.8 Å². The highest BCUT2D eigenvalue weighted by Gasteiger charge is 2.14. The highest BCUT2D eigenvalue weighted by Crippen LogP contribution is 2.31. The number of aryl methyl sites for hydroxylation is 2. The topological polar surface area (TPSA) is 49.7 Å². The smallest absolute Gasteiger partial charge is 0.327 e. The Labute approximate surface area is 133 Å². The zero-order chi connectivity index (χ0) is 15.9. The van der Waals surface area contributed by atoms with Gasteiger partial charge in [-0.15, -0.1) is 0 Å². The van der Waals surface area contributed by atoms with Gasteiger partial charge in [-0.3, -0.25) is 0 Å². The molecular formula is C18H23O3P. The highest BCUT2D eigenvalue weighted by molar-refractivity contribution is 7.39. The SMILES string of the molecule is Cc1ccc(C(CCCOP(O)O)c2ccc(C)cc2)cc1. The maximum absolute atomic E-state index is 8.81. The van der Waals surface area contributed by atoms with E-state index in [0.717, 1.165) is 12.8 Å². The molecule has 0 unspecified atom stereocenters. The van der Waals surface area contributed by atoms with Crippen molar-refractivity contribution in [2.75, 3.05) is 6.61 Å². The standard InChI is InChI=1S/C18H23O3P/c1-14-5-9-16(10-6-14)18(4-3-13-21-22(19)20)17-11-7-15(2)8-12-17/h5-12,18-20H,3-4,13H2,1-2H3. The van der Waals surface area contributed by atoms with E-state index in [0.29, 0.717) is 12.5 Å². The summed E-state index contributed by atoms with van der Waals surface area (Å²) in [5, 5.41) is 0. The number of hydrogen-bond donors (Lipinski definition) is 2. The average Bonchev–Trinajstić information content (AvgIpc) is 2.50. The van der Waals surface area contributed by atoms with Gasteiger partial charge in [0.2, 0.25) is 0 Å². The van der Waals surface area contributed by atoms with Gasteiger partial charge in [-0.2, -0.15) is 0 Å². The van der Waals surface area contributed by atoms with Crippen molar-refractivity contribution < 1.29 is 14.3 Å². The molecule has 4 heteroatoms. The lowest BCUT2D eigenvalue weighted by Gasteiger charge is -2.19. The fraction of sp³-hybridized carbons (Fsp3) is 0.333. The molecule has 2 rings (SSSR count). The fourth-order valence-corrected chi connectivity index (χ4v) is 2.85. The Morgan fingerprint density at radius 3 is 1.73 bits per heavy atom. The Morgan fingerprint density at radius 2 is 1.32 bits per heavy atom. The van der Waals surface area contributed by atoms with Crippen LogP contribution >= 0.6 is 8.60 Å². The molecule has 0 aliphatic carbocycles. The van der Waals surface area contributed by atoms with Gasteiger partial charge in [0.25, 0.3) is 0 Å². The van der Waals surface area contributed by atoms with E-state index in [4.69, 9.17) is 14.3 Å². The van der Waals surface area contributed by atoms with Crippen LogP contribution in [0.3, 0.4) is 0 Å². The molecule has 0 radical (unpaired) electrons. The van der Waals surface area contributed by atoms with Crippen LogP contribution < -0.4 is 0 Å². The first-order chi connectivity index (χ1) is 10.6. The lowest BCUT2D eigenvalue weighted by atomic mass is 9.87. The second kappa shape index (κ2) is 8.40. The van der Waals surface area contributed by atoms with Crippen molar-refractivity contribution in [3.63, 3.8) is 0 Å². The van der Waals surface area contributed by atoms with E-state index in [9.17, 15) is 0 Å². The Balaban J connectivity index is 2.13. The molecule has 0 bridgehead atoms. The minimum atomic E-state index is -2.25. The van der Waals surface area contributed by atoms with E-state index in [2.05, 4.69) is 62.4 Å². The largest absolute Gasteiger partial charge is 0.328 e. The summed E-state index contributed by atoms with van der Waals surface area (Å²) in [6, 6.07) is 17.2. The molecule has 0 aliphatic rings. The Hall–Kier alpha value is -1.25. The van der Waals surface area contributed by atoms with Crippen molar-refractivity contribution in [1.82, 2.24) is 0 Å². The van der Waals surface area contributed by atoms with Crippen LogP contribution in [0.1, 0.15) is 41.0 Å². The minimum absolute atomic E-state index is 0.299.